The fourth-order valence-corrected chi connectivity index (χ4v) is 2.46. The van der Waals surface area contributed by atoms with Gasteiger partial charge in [0.25, 0.3) is 0 Å². The predicted molar refractivity (Wildman–Crippen MR) is 59.4 cm³/mol. The third kappa shape index (κ3) is 2.54. The van der Waals surface area contributed by atoms with Crippen molar-refractivity contribution in [3.63, 3.8) is 0 Å². The number of imidazole rings is 1. The molecule has 0 atom stereocenters. The van der Waals surface area contributed by atoms with Crippen LogP contribution < -0.4 is 5.32 Å². The lowest BCUT2D eigenvalue weighted by Gasteiger charge is -2.03. The Labute approximate surface area is 100 Å². The smallest absolute Gasteiger partial charge is 0.239 e. The van der Waals surface area contributed by atoms with Crippen molar-refractivity contribution in [1.29, 1.82) is 0 Å². The van der Waals surface area contributed by atoms with E-state index in [1.165, 1.54) is 0 Å². The van der Waals surface area contributed by atoms with Crippen LogP contribution in [-0.4, -0.2) is 22.5 Å². The quantitative estimate of drug-likeness (QED) is 0.858. The van der Waals surface area contributed by atoms with Crippen molar-refractivity contribution < 1.29 is 4.79 Å². The SMILES string of the molecule is CNC(=O)Cn1c(Br)nc(Br)c1Br. The van der Waals surface area contributed by atoms with Crippen LogP contribution in [0.15, 0.2) is 13.9 Å². The average Bonchev–Trinajstić information content (AvgIpc) is 2.32. The fraction of sp³-hybridized carbons (Fsp3) is 0.333. The number of hydrogen-bond acceptors (Lipinski definition) is 2. The molecule has 0 radical (unpaired) electrons. The number of amides is 1. The highest BCUT2D eigenvalue weighted by Gasteiger charge is 2.12. The Morgan fingerprint density at radius 2 is 2.15 bits per heavy atom. The van der Waals surface area contributed by atoms with Crippen molar-refractivity contribution >= 4 is 53.7 Å². The van der Waals surface area contributed by atoms with Crippen LogP contribution in [0.5, 0.6) is 0 Å². The number of nitrogens with zero attached hydrogens (tertiary/aromatic N) is 2. The number of carbonyl (C=O) groups excluding carboxylic acids is 1. The monoisotopic (exact) mass is 373 g/mol. The molecule has 0 aliphatic carbocycles. The predicted octanol–water partition coefficient (Wildman–Crippen LogP) is 1.92. The van der Waals surface area contributed by atoms with E-state index in [1.54, 1.807) is 11.6 Å². The first kappa shape index (κ1) is 11.2. The Bertz CT molecular complexity index is 336. The molecule has 0 bridgehead atoms. The molecule has 0 fully saturated rings. The van der Waals surface area contributed by atoms with Crippen molar-refractivity contribution in [1.82, 2.24) is 14.9 Å². The van der Waals surface area contributed by atoms with Gasteiger partial charge in [-0.05, 0) is 47.8 Å². The van der Waals surface area contributed by atoms with E-state index in [0.29, 0.717) is 9.34 Å². The van der Waals surface area contributed by atoms with Crippen LogP contribution >= 0.6 is 47.8 Å². The van der Waals surface area contributed by atoms with Crippen LogP contribution in [-0.2, 0) is 11.3 Å². The zero-order chi connectivity index (χ0) is 10.0. The summed E-state index contributed by atoms with van der Waals surface area (Å²) in [5.41, 5.74) is 0. The summed E-state index contributed by atoms with van der Waals surface area (Å²) < 4.78 is 3.71. The van der Waals surface area contributed by atoms with Gasteiger partial charge in [-0.3, -0.25) is 4.79 Å². The molecule has 0 unspecified atom stereocenters. The third-order valence-corrected chi connectivity index (χ3v) is 3.89. The number of aromatic nitrogens is 2. The Morgan fingerprint density at radius 1 is 1.54 bits per heavy atom. The summed E-state index contributed by atoms with van der Waals surface area (Å²) in [5, 5.41) is 2.53. The van der Waals surface area contributed by atoms with Crippen LogP contribution in [0.4, 0.5) is 0 Å². The number of hydrogen-bond donors (Lipinski definition) is 1. The summed E-state index contributed by atoms with van der Waals surface area (Å²) in [6.07, 6.45) is 0. The van der Waals surface area contributed by atoms with Gasteiger partial charge in [0.2, 0.25) is 5.91 Å². The Balaban J connectivity index is 2.94. The maximum atomic E-state index is 11.1. The summed E-state index contributed by atoms with van der Waals surface area (Å²) in [4.78, 5) is 15.1. The first-order valence-electron chi connectivity index (χ1n) is 3.34. The second-order valence-electron chi connectivity index (χ2n) is 2.22. The maximum Gasteiger partial charge on any atom is 0.239 e. The molecule has 7 heteroatoms. The van der Waals surface area contributed by atoms with Crippen LogP contribution in [0, 0.1) is 0 Å². The molecule has 72 valence electrons. The summed E-state index contributed by atoms with van der Waals surface area (Å²) in [6.45, 7) is 0.232. The second-order valence-corrected chi connectivity index (χ2v) is 4.43. The molecule has 1 aromatic heterocycles. The largest absolute Gasteiger partial charge is 0.358 e. The molecule has 1 N–H and O–H groups in total. The number of likely N-dealkylation sites (N-methyl/N-ethyl adjacent to an activating group) is 1. The van der Waals surface area contributed by atoms with Crippen LogP contribution in [0.3, 0.4) is 0 Å². The van der Waals surface area contributed by atoms with Crippen molar-refractivity contribution in [3.05, 3.63) is 13.9 Å². The first-order chi connectivity index (χ1) is 6.06. The lowest BCUT2D eigenvalue weighted by Crippen LogP contribution is -2.23. The number of nitrogens with one attached hydrogen (secondary N) is 1. The molecule has 1 aromatic rings. The summed E-state index contributed by atoms with van der Waals surface area (Å²) in [5.74, 6) is -0.0775. The molecule has 13 heavy (non-hydrogen) atoms. The lowest BCUT2D eigenvalue weighted by atomic mass is 10.6. The van der Waals surface area contributed by atoms with Gasteiger partial charge in [-0.2, -0.15) is 0 Å². The standard InChI is InChI=1S/C6H6Br3N3O/c1-10-3(13)2-12-5(8)4(7)11-6(12)9/h2H2,1H3,(H,10,13). The zero-order valence-corrected chi connectivity index (χ0v) is 11.4. The number of halogens is 3. The lowest BCUT2D eigenvalue weighted by molar-refractivity contribution is -0.121. The highest BCUT2D eigenvalue weighted by atomic mass is 79.9. The highest BCUT2D eigenvalue weighted by molar-refractivity contribution is 9.13. The van der Waals surface area contributed by atoms with Gasteiger partial charge in [0.05, 0.1) is 0 Å². The Kier molecular flexibility index (Phi) is 3.93. The summed E-state index contributed by atoms with van der Waals surface area (Å²) >= 11 is 9.78. The van der Waals surface area contributed by atoms with E-state index >= 15 is 0 Å². The van der Waals surface area contributed by atoms with Crippen molar-refractivity contribution in [2.75, 3.05) is 7.05 Å². The van der Waals surface area contributed by atoms with Crippen molar-refractivity contribution in [2.45, 2.75) is 6.54 Å². The Morgan fingerprint density at radius 3 is 2.54 bits per heavy atom. The van der Waals surface area contributed by atoms with Gasteiger partial charge in [0, 0.05) is 7.05 Å². The van der Waals surface area contributed by atoms with Crippen LogP contribution in [0.25, 0.3) is 0 Å². The molecule has 0 aromatic carbocycles. The normalized spacial score (nSPS) is 10.2. The first-order valence-corrected chi connectivity index (χ1v) is 5.71. The van der Waals surface area contributed by atoms with Gasteiger partial charge in [-0.25, -0.2) is 4.98 Å². The molecule has 0 aliphatic rings. The van der Waals surface area contributed by atoms with Gasteiger partial charge in [0.15, 0.2) is 4.73 Å². The maximum absolute atomic E-state index is 11.1. The molecule has 0 aliphatic heterocycles. The average molecular weight is 376 g/mol. The van der Waals surface area contributed by atoms with Crippen LogP contribution in [0.1, 0.15) is 0 Å². The molecule has 0 saturated heterocycles. The molecule has 1 heterocycles. The molecule has 1 rings (SSSR count). The van der Waals surface area contributed by atoms with Gasteiger partial charge in [-0.15, -0.1) is 0 Å². The van der Waals surface area contributed by atoms with E-state index in [-0.39, 0.29) is 12.5 Å². The molecular weight excluding hydrogens is 370 g/mol. The van der Waals surface area contributed by atoms with E-state index in [1.807, 2.05) is 0 Å². The minimum Gasteiger partial charge on any atom is -0.358 e. The van der Waals surface area contributed by atoms with E-state index in [0.717, 1.165) is 4.60 Å². The number of rotatable bonds is 2. The van der Waals surface area contributed by atoms with Gasteiger partial charge >= 0.3 is 0 Å². The second kappa shape index (κ2) is 4.56. The zero-order valence-electron chi connectivity index (χ0n) is 6.64. The summed E-state index contributed by atoms with van der Waals surface area (Å²) in [6, 6.07) is 0. The van der Waals surface area contributed by atoms with E-state index in [9.17, 15) is 4.79 Å². The molecule has 1 amide bonds. The van der Waals surface area contributed by atoms with Crippen molar-refractivity contribution in [3.8, 4) is 0 Å². The molecule has 0 spiro atoms. The Hall–Kier alpha value is 0.120. The minimum absolute atomic E-state index is 0.0775. The van der Waals surface area contributed by atoms with Gasteiger partial charge in [0.1, 0.15) is 15.8 Å². The minimum atomic E-state index is -0.0775. The fourth-order valence-electron chi connectivity index (χ4n) is 0.737. The molecule has 0 saturated carbocycles. The van der Waals surface area contributed by atoms with Gasteiger partial charge < -0.3 is 9.88 Å². The summed E-state index contributed by atoms with van der Waals surface area (Å²) in [7, 11) is 1.59. The molecule has 4 nitrogen and oxygen atoms in total. The van der Waals surface area contributed by atoms with Crippen LogP contribution in [0.2, 0.25) is 0 Å². The number of carbonyl (C=O) groups is 1. The van der Waals surface area contributed by atoms with E-state index in [4.69, 9.17) is 0 Å². The van der Waals surface area contributed by atoms with Crippen molar-refractivity contribution in [2.24, 2.45) is 0 Å². The highest BCUT2D eigenvalue weighted by Crippen LogP contribution is 2.26. The molecular formula is C6H6Br3N3O. The van der Waals surface area contributed by atoms with E-state index in [2.05, 4.69) is 58.1 Å². The third-order valence-electron chi connectivity index (χ3n) is 1.40. The van der Waals surface area contributed by atoms with E-state index < -0.39 is 0 Å². The van der Waals surface area contributed by atoms with Gasteiger partial charge in [-0.1, -0.05) is 0 Å². The topological polar surface area (TPSA) is 46.9 Å².